The summed E-state index contributed by atoms with van der Waals surface area (Å²) in [7, 11) is 0. The number of anilines is 3. The zero-order chi connectivity index (χ0) is 34.1. The van der Waals surface area contributed by atoms with Gasteiger partial charge in [0.1, 0.15) is 0 Å². The van der Waals surface area contributed by atoms with Crippen LogP contribution in [0.4, 0.5) is 17.1 Å². The molecule has 51 heavy (non-hydrogen) atoms. The standard InChI is InChI=1S/C48H31N3/c49-31-33-18-24-38(25-19-33)51(39-26-20-34(21-27-39)37-11-8-30-50-32-37)40-28-22-36(23-29-40)47-43-13-3-5-15-45(43)48(46-16-6-4-14-44(46)47)42-17-7-10-35-9-1-2-12-41(35)42/h1-30,32H. The summed E-state index contributed by atoms with van der Waals surface area (Å²) in [6, 6.07) is 64.3. The first-order valence-corrected chi connectivity index (χ1v) is 17.1. The van der Waals surface area contributed by atoms with Gasteiger partial charge < -0.3 is 4.90 Å². The molecule has 9 aromatic rings. The zero-order valence-electron chi connectivity index (χ0n) is 27.7. The molecule has 8 aromatic carbocycles. The third kappa shape index (κ3) is 5.37. The van der Waals surface area contributed by atoms with E-state index in [2.05, 4.69) is 162 Å². The highest BCUT2D eigenvalue weighted by Gasteiger charge is 2.19. The SMILES string of the molecule is N#Cc1ccc(N(c2ccc(-c3cccnc3)cc2)c2ccc(-c3c4ccccc4c(-c4cccc5ccccc45)c4ccccc34)cc2)cc1. The topological polar surface area (TPSA) is 39.9 Å². The zero-order valence-corrected chi connectivity index (χ0v) is 27.7. The molecule has 0 saturated heterocycles. The molecule has 1 aromatic heterocycles. The van der Waals surface area contributed by atoms with Crippen LogP contribution in [0.25, 0.3) is 65.7 Å². The van der Waals surface area contributed by atoms with E-state index >= 15 is 0 Å². The average molecular weight is 650 g/mol. The van der Waals surface area contributed by atoms with E-state index in [-0.39, 0.29) is 0 Å². The molecule has 3 nitrogen and oxygen atoms in total. The van der Waals surface area contributed by atoms with Gasteiger partial charge in [0.15, 0.2) is 0 Å². The van der Waals surface area contributed by atoms with Crippen molar-refractivity contribution < 1.29 is 0 Å². The Balaban J connectivity index is 1.20. The molecule has 0 radical (unpaired) electrons. The first-order valence-electron chi connectivity index (χ1n) is 17.1. The van der Waals surface area contributed by atoms with Crippen LogP contribution in [0.2, 0.25) is 0 Å². The quantitative estimate of drug-likeness (QED) is 0.168. The maximum absolute atomic E-state index is 9.49. The molecule has 0 saturated carbocycles. The lowest BCUT2D eigenvalue weighted by molar-refractivity contribution is 1.28. The second-order valence-corrected chi connectivity index (χ2v) is 12.7. The Morgan fingerprint density at radius 3 is 1.49 bits per heavy atom. The van der Waals surface area contributed by atoms with Crippen LogP contribution in [0.5, 0.6) is 0 Å². The first kappa shape index (κ1) is 30.1. The number of hydrogen-bond donors (Lipinski definition) is 0. The van der Waals surface area contributed by atoms with Gasteiger partial charge in [-0.15, -0.1) is 0 Å². The van der Waals surface area contributed by atoms with E-state index in [1.165, 1.54) is 49.0 Å². The maximum Gasteiger partial charge on any atom is 0.0991 e. The summed E-state index contributed by atoms with van der Waals surface area (Å²) >= 11 is 0. The van der Waals surface area contributed by atoms with Crippen molar-refractivity contribution in [1.82, 2.24) is 4.98 Å². The van der Waals surface area contributed by atoms with Crippen molar-refractivity contribution in [2.24, 2.45) is 0 Å². The van der Waals surface area contributed by atoms with Crippen LogP contribution in [0.15, 0.2) is 188 Å². The molecule has 0 aliphatic carbocycles. The number of fused-ring (bicyclic) bond motifs is 3. The molecule has 0 N–H and O–H groups in total. The molecular weight excluding hydrogens is 619 g/mol. The third-order valence-corrected chi connectivity index (χ3v) is 9.78. The third-order valence-electron chi connectivity index (χ3n) is 9.78. The Bertz CT molecular complexity index is 2660. The molecule has 0 aliphatic heterocycles. The van der Waals surface area contributed by atoms with E-state index in [0.29, 0.717) is 5.56 Å². The van der Waals surface area contributed by atoms with E-state index in [9.17, 15) is 5.26 Å². The van der Waals surface area contributed by atoms with Gasteiger partial charge in [0, 0.05) is 29.5 Å². The molecule has 9 rings (SSSR count). The summed E-state index contributed by atoms with van der Waals surface area (Å²) in [5.41, 5.74) is 10.7. The molecule has 0 atom stereocenters. The average Bonchev–Trinajstić information content (AvgIpc) is 3.21. The minimum atomic E-state index is 0.631. The predicted molar refractivity (Wildman–Crippen MR) is 212 cm³/mol. The van der Waals surface area contributed by atoms with Crippen LogP contribution in [-0.4, -0.2) is 4.98 Å². The van der Waals surface area contributed by atoms with E-state index in [1.54, 1.807) is 6.20 Å². The Morgan fingerprint density at radius 1 is 0.412 bits per heavy atom. The lowest BCUT2D eigenvalue weighted by Crippen LogP contribution is -2.09. The summed E-state index contributed by atoms with van der Waals surface area (Å²) < 4.78 is 0. The van der Waals surface area contributed by atoms with Crippen molar-refractivity contribution in [2.45, 2.75) is 0 Å². The van der Waals surface area contributed by atoms with Gasteiger partial charge in [-0.05, 0) is 120 Å². The number of aromatic nitrogens is 1. The highest BCUT2D eigenvalue weighted by molar-refractivity contribution is 6.23. The van der Waals surface area contributed by atoms with Crippen molar-refractivity contribution in [1.29, 1.82) is 5.26 Å². The smallest absolute Gasteiger partial charge is 0.0991 e. The Labute approximate surface area is 296 Å². The van der Waals surface area contributed by atoms with Crippen LogP contribution in [0.1, 0.15) is 5.56 Å². The monoisotopic (exact) mass is 649 g/mol. The van der Waals surface area contributed by atoms with Crippen molar-refractivity contribution in [3.05, 3.63) is 194 Å². The number of nitriles is 1. The molecule has 0 aliphatic rings. The van der Waals surface area contributed by atoms with Crippen LogP contribution < -0.4 is 4.90 Å². The van der Waals surface area contributed by atoms with Gasteiger partial charge in [-0.1, -0.05) is 121 Å². The largest absolute Gasteiger partial charge is 0.311 e. The molecule has 0 unspecified atom stereocenters. The van der Waals surface area contributed by atoms with Gasteiger partial charge in [-0.3, -0.25) is 4.98 Å². The predicted octanol–water partition coefficient (Wildman–Crippen LogP) is 12.9. The van der Waals surface area contributed by atoms with E-state index in [0.717, 1.165) is 33.8 Å². The van der Waals surface area contributed by atoms with Gasteiger partial charge in [-0.2, -0.15) is 5.26 Å². The van der Waals surface area contributed by atoms with E-state index in [1.807, 2.05) is 36.5 Å². The molecule has 0 spiro atoms. The lowest BCUT2D eigenvalue weighted by Gasteiger charge is -2.26. The fourth-order valence-electron chi connectivity index (χ4n) is 7.42. The Hall–Kier alpha value is -7.02. The fraction of sp³-hybridized carbons (Fsp3) is 0. The normalized spacial score (nSPS) is 11.1. The molecule has 1 heterocycles. The second kappa shape index (κ2) is 12.8. The summed E-state index contributed by atoms with van der Waals surface area (Å²) in [4.78, 5) is 6.53. The highest BCUT2D eigenvalue weighted by atomic mass is 15.1. The molecule has 0 amide bonds. The number of pyridine rings is 1. The number of benzene rings is 8. The van der Waals surface area contributed by atoms with Crippen LogP contribution in [0.3, 0.4) is 0 Å². The summed E-state index contributed by atoms with van der Waals surface area (Å²) in [5, 5.41) is 16.9. The van der Waals surface area contributed by atoms with Crippen molar-refractivity contribution in [2.75, 3.05) is 4.90 Å². The number of nitrogens with zero attached hydrogens (tertiary/aromatic N) is 3. The Kier molecular flexibility index (Phi) is 7.54. The van der Waals surface area contributed by atoms with Crippen LogP contribution in [-0.2, 0) is 0 Å². The van der Waals surface area contributed by atoms with Gasteiger partial charge in [0.05, 0.1) is 11.6 Å². The molecule has 3 heteroatoms. The second-order valence-electron chi connectivity index (χ2n) is 12.7. The lowest BCUT2D eigenvalue weighted by atomic mass is 9.85. The van der Waals surface area contributed by atoms with Crippen molar-refractivity contribution >= 4 is 49.4 Å². The number of hydrogen-bond acceptors (Lipinski definition) is 3. The van der Waals surface area contributed by atoms with E-state index in [4.69, 9.17) is 0 Å². The summed E-state index contributed by atoms with van der Waals surface area (Å²) in [6.07, 6.45) is 3.67. The minimum absolute atomic E-state index is 0.631. The number of rotatable bonds is 6. The minimum Gasteiger partial charge on any atom is -0.311 e. The highest BCUT2D eigenvalue weighted by Crippen LogP contribution is 2.46. The van der Waals surface area contributed by atoms with Gasteiger partial charge in [-0.25, -0.2) is 0 Å². The molecule has 0 fully saturated rings. The van der Waals surface area contributed by atoms with Crippen molar-refractivity contribution in [3.63, 3.8) is 0 Å². The van der Waals surface area contributed by atoms with Crippen LogP contribution in [0, 0.1) is 11.3 Å². The van der Waals surface area contributed by atoms with Crippen molar-refractivity contribution in [3.8, 4) is 39.4 Å². The Morgan fingerprint density at radius 2 is 0.922 bits per heavy atom. The van der Waals surface area contributed by atoms with Crippen LogP contribution >= 0.6 is 0 Å². The molecule has 238 valence electrons. The summed E-state index contributed by atoms with van der Waals surface area (Å²) in [6.45, 7) is 0. The van der Waals surface area contributed by atoms with Gasteiger partial charge >= 0.3 is 0 Å². The molecular formula is C48H31N3. The van der Waals surface area contributed by atoms with Gasteiger partial charge in [0.25, 0.3) is 0 Å². The van der Waals surface area contributed by atoms with E-state index < -0.39 is 0 Å². The molecule has 0 bridgehead atoms. The summed E-state index contributed by atoms with van der Waals surface area (Å²) in [5.74, 6) is 0. The fourth-order valence-corrected chi connectivity index (χ4v) is 7.42. The first-order chi connectivity index (χ1) is 25.3. The van der Waals surface area contributed by atoms with Gasteiger partial charge in [0.2, 0.25) is 0 Å². The maximum atomic E-state index is 9.49.